The maximum atomic E-state index is 6.14. The maximum Gasteiger partial charge on any atom is 0.0331 e. The van der Waals surface area contributed by atoms with Gasteiger partial charge in [0.05, 0.1) is 0 Å². The van der Waals surface area contributed by atoms with Crippen LogP contribution in [0.1, 0.15) is 58.8 Å². The molecule has 0 aromatic rings. The predicted octanol–water partition coefficient (Wildman–Crippen LogP) is 3.01. The summed E-state index contributed by atoms with van der Waals surface area (Å²) >= 11 is 0. The van der Waals surface area contributed by atoms with Crippen LogP contribution >= 0.6 is 0 Å². The SMILES string of the molecule is CC(C)C1CCC(CN)(N(C)C2CCC2)CC1. The number of likely N-dealkylation sites (N-methyl/N-ethyl adjacent to an activating group) is 1. The van der Waals surface area contributed by atoms with Crippen molar-refractivity contribution in [2.24, 2.45) is 17.6 Å². The molecule has 0 heterocycles. The minimum atomic E-state index is 0.330. The molecule has 0 atom stereocenters. The molecule has 0 spiro atoms. The van der Waals surface area contributed by atoms with Gasteiger partial charge in [-0.15, -0.1) is 0 Å². The van der Waals surface area contributed by atoms with Gasteiger partial charge in [0.15, 0.2) is 0 Å². The van der Waals surface area contributed by atoms with Gasteiger partial charge in [-0.25, -0.2) is 0 Å². The molecule has 2 aliphatic rings. The number of rotatable bonds is 4. The first kappa shape index (κ1) is 13.4. The lowest BCUT2D eigenvalue weighted by Gasteiger charge is -2.52. The summed E-state index contributed by atoms with van der Waals surface area (Å²) in [5, 5.41) is 0. The molecule has 2 N–H and O–H groups in total. The van der Waals surface area contributed by atoms with Crippen LogP contribution in [0.3, 0.4) is 0 Å². The normalized spacial score (nSPS) is 35.3. The average Bonchev–Trinajstić information content (AvgIpc) is 2.26. The minimum absolute atomic E-state index is 0.330. The van der Waals surface area contributed by atoms with Crippen molar-refractivity contribution in [3.63, 3.8) is 0 Å². The van der Waals surface area contributed by atoms with Gasteiger partial charge in [-0.3, -0.25) is 4.90 Å². The Balaban J connectivity index is 1.96. The third kappa shape index (κ3) is 2.53. The molecular weight excluding hydrogens is 208 g/mol. The van der Waals surface area contributed by atoms with Crippen LogP contribution in [0.2, 0.25) is 0 Å². The lowest BCUT2D eigenvalue weighted by Crippen LogP contribution is -2.59. The zero-order chi connectivity index (χ0) is 12.5. The highest BCUT2D eigenvalue weighted by molar-refractivity contribution is 4.98. The molecule has 17 heavy (non-hydrogen) atoms. The molecule has 0 aromatic carbocycles. The Labute approximate surface area is 107 Å². The van der Waals surface area contributed by atoms with Crippen LogP contribution in [-0.4, -0.2) is 30.1 Å². The van der Waals surface area contributed by atoms with Gasteiger partial charge in [-0.2, -0.15) is 0 Å². The molecule has 0 bridgehead atoms. The fraction of sp³-hybridized carbons (Fsp3) is 1.00. The molecule has 0 radical (unpaired) electrons. The van der Waals surface area contributed by atoms with E-state index in [0.717, 1.165) is 24.4 Å². The lowest BCUT2D eigenvalue weighted by atomic mass is 9.71. The first-order valence-corrected chi connectivity index (χ1v) is 7.52. The van der Waals surface area contributed by atoms with Crippen molar-refractivity contribution >= 4 is 0 Å². The monoisotopic (exact) mass is 238 g/mol. The fourth-order valence-electron chi connectivity index (χ4n) is 3.71. The highest BCUT2D eigenvalue weighted by Gasteiger charge is 2.41. The molecule has 2 aliphatic carbocycles. The Morgan fingerprint density at radius 3 is 2.12 bits per heavy atom. The van der Waals surface area contributed by atoms with Crippen molar-refractivity contribution in [3.8, 4) is 0 Å². The molecule has 0 unspecified atom stereocenters. The fourth-order valence-corrected chi connectivity index (χ4v) is 3.71. The summed E-state index contributed by atoms with van der Waals surface area (Å²) in [7, 11) is 2.33. The van der Waals surface area contributed by atoms with Crippen LogP contribution in [0.5, 0.6) is 0 Å². The van der Waals surface area contributed by atoms with Crippen LogP contribution in [0, 0.1) is 11.8 Å². The highest BCUT2D eigenvalue weighted by Crippen LogP contribution is 2.41. The van der Waals surface area contributed by atoms with Gasteiger partial charge in [0.1, 0.15) is 0 Å². The van der Waals surface area contributed by atoms with Gasteiger partial charge in [0.2, 0.25) is 0 Å². The molecule has 2 heteroatoms. The van der Waals surface area contributed by atoms with E-state index in [1.807, 2.05) is 0 Å². The third-order valence-electron chi connectivity index (χ3n) is 5.65. The summed E-state index contributed by atoms with van der Waals surface area (Å²) in [5.41, 5.74) is 6.47. The Hall–Kier alpha value is -0.0800. The van der Waals surface area contributed by atoms with Crippen molar-refractivity contribution in [2.75, 3.05) is 13.6 Å². The largest absolute Gasteiger partial charge is 0.329 e. The van der Waals surface area contributed by atoms with Gasteiger partial charge >= 0.3 is 0 Å². The quantitative estimate of drug-likeness (QED) is 0.816. The highest BCUT2D eigenvalue weighted by atomic mass is 15.2. The average molecular weight is 238 g/mol. The zero-order valence-corrected chi connectivity index (χ0v) is 11.9. The first-order valence-electron chi connectivity index (χ1n) is 7.52. The zero-order valence-electron chi connectivity index (χ0n) is 11.9. The second kappa shape index (κ2) is 5.27. The van der Waals surface area contributed by atoms with E-state index in [1.165, 1.54) is 44.9 Å². The smallest absolute Gasteiger partial charge is 0.0331 e. The molecular formula is C15H30N2. The van der Waals surface area contributed by atoms with Gasteiger partial charge in [0.25, 0.3) is 0 Å². The number of nitrogens with zero attached hydrogens (tertiary/aromatic N) is 1. The molecule has 2 fully saturated rings. The van der Waals surface area contributed by atoms with Crippen LogP contribution in [0.25, 0.3) is 0 Å². The maximum absolute atomic E-state index is 6.14. The van der Waals surface area contributed by atoms with Gasteiger partial charge in [-0.1, -0.05) is 20.3 Å². The number of hydrogen-bond donors (Lipinski definition) is 1. The molecule has 0 amide bonds. The van der Waals surface area contributed by atoms with Crippen molar-refractivity contribution < 1.29 is 0 Å². The van der Waals surface area contributed by atoms with Crippen molar-refractivity contribution in [2.45, 2.75) is 70.4 Å². The molecule has 2 nitrogen and oxygen atoms in total. The number of hydrogen-bond acceptors (Lipinski definition) is 2. The topological polar surface area (TPSA) is 29.3 Å². The summed E-state index contributed by atoms with van der Waals surface area (Å²) in [6.45, 7) is 5.59. The van der Waals surface area contributed by atoms with E-state index in [2.05, 4.69) is 25.8 Å². The Morgan fingerprint density at radius 1 is 1.18 bits per heavy atom. The Morgan fingerprint density at radius 2 is 1.76 bits per heavy atom. The van der Waals surface area contributed by atoms with E-state index >= 15 is 0 Å². The Kier molecular flexibility index (Phi) is 4.14. The van der Waals surface area contributed by atoms with Crippen LogP contribution < -0.4 is 5.73 Å². The summed E-state index contributed by atoms with van der Waals surface area (Å²) in [6.07, 6.45) is 9.61. The van der Waals surface area contributed by atoms with Gasteiger partial charge in [0, 0.05) is 18.1 Å². The summed E-state index contributed by atoms with van der Waals surface area (Å²) in [4.78, 5) is 2.65. The second-order valence-corrected chi connectivity index (χ2v) is 6.71. The summed E-state index contributed by atoms with van der Waals surface area (Å²) in [5.74, 6) is 1.78. The van der Waals surface area contributed by atoms with E-state index in [4.69, 9.17) is 5.73 Å². The second-order valence-electron chi connectivity index (χ2n) is 6.71. The molecule has 0 aliphatic heterocycles. The first-order chi connectivity index (χ1) is 8.09. The van der Waals surface area contributed by atoms with Crippen molar-refractivity contribution in [3.05, 3.63) is 0 Å². The van der Waals surface area contributed by atoms with Crippen LogP contribution in [0.4, 0.5) is 0 Å². The minimum Gasteiger partial charge on any atom is -0.329 e. The predicted molar refractivity (Wildman–Crippen MR) is 74.0 cm³/mol. The van der Waals surface area contributed by atoms with Crippen LogP contribution in [0.15, 0.2) is 0 Å². The van der Waals surface area contributed by atoms with E-state index in [0.29, 0.717) is 5.54 Å². The van der Waals surface area contributed by atoms with Crippen LogP contribution in [-0.2, 0) is 0 Å². The van der Waals surface area contributed by atoms with Gasteiger partial charge in [-0.05, 0) is 57.4 Å². The van der Waals surface area contributed by atoms with E-state index in [1.54, 1.807) is 0 Å². The summed E-state index contributed by atoms with van der Waals surface area (Å²) in [6, 6.07) is 0.828. The van der Waals surface area contributed by atoms with E-state index < -0.39 is 0 Å². The standard InChI is InChI=1S/C15H30N2/c1-12(2)13-7-9-15(11-16,10-8-13)17(3)14-5-4-6-14/h12-14H,4-11,16H2,1-3H3. The molecule has 2 rings (SSSR count). The van der Waals surface area contributed by atoms with Gasteiger partial charge < -0.3 is 5.73 Å². The number of nitrogens with two attached hydrogens (primary N) is 1. The molecule has 2 saturated carbocycles. The van der Waals surface area contributed by atoms with E-state index in [9.17, 15) is 0 Å². The summed E-state index contributed by atoms with van der Waals surface area (Å²) < 4.78 is 0. The third-order valence-corrected chi connectivity index (χ3v) is 5.65. The lowest BCUT2D eigenvalue weighted by molar-refractivity contribution is -0.00202. The molecule has 100 valence electrons. The molecule has 0 saturated heterocycles. The molecule has 0 aromatic heterocycles. The van der Waals surface area contributed by atoms with E-state index in [-0.39, 0.29) is 0 Å². The van der Waals surface area contributed by atoms with Crippen molar-refractivity contribution in [1.82, 2.24) is 4.90 Å². The van der Waals surface area contributed by atoms with Crippen molar-refractivity contribution in [1.29, 1.82) is 0 Å². The Bertz CT molecular complexity index is 237.